The molecule has 0 fully saturated rings. The maximum Gasteiger partial charge on any atom is 0.167 e. The Bertz CT molecular complexity index is 872. The molecule has 0 amide bonds. The van der Waals surface area contributed by atoms with Crippen LogP contribution in [0.1, 0.15) is 56.6 Å². The minimum Gasteiger partial charge on any atom is -0.493 e. The fourth-order valence-corrected chi connectivity index (χ4v) is 5.82. The van der Waals surface area contributed by atoms with E-state index in [1.165, 1.54) is 62.7 Å². The van der Waals surface area contributed by atoms with Gasteiger partial charge in [0.1, 0.15) is 0 Å². The summed E-state index contributed by atoms with van der Waals surface area (Å²) in [4.78, 5) is 7.10. The molecule has 0 saturated carbocycles. The quantitative estimate of drug-likeness (QED) is 0.183. The average Bonchev–Trinajstić information content (AvgIpc) is 3.27. The van der Waals surface area contributed by atoms with Crippen LogP contribution in [0, 0.1) is 0 Å². The second-order valence-electron chi connectivity index (χ2n) is 9.20. The number of fused-ring (bicyclic) bond motifs is 1. The third kappa shape index (κ3) is 11.1. The zero-order valence-corrected chi connectivity index (χ0v) is 26.1. The summed E-state index contributed by atoms with van der Waals surface area (Å²) >= 11 is 1.82. The second kappa shape index (κ2) is 20.1. The van der Waals surface area contributed by atoms with Crippen LogP contribution in [0.15, 0.2) is 29.7 Å². The molecule has 0 unspecified atom stereocenters. The van der Waals surface area contributed by atoms with Crippen molar-refractivity contribution in [1.29, 1.82) is 0 Å². The van der Waals surface area contributed by atoms with E-state index < -0.39 is 0 Å². The van der Waals surface area contributed by atoms with E-state index in [9.17, 15) is 0 Å². The third-order valence-electron chi connectivity index (χ3n) is 6.79. The zero-order valence-electron chi connectivity index (χ0n) is 22.9. The molecular formula is C27H47Cl3N4O2S. The number of nitrogens with one attached hydrogen (secondary N) is 1. The standard InChI is InChI=1S/C27H44N4O2S.3ClH/c1-5-17-31(23-11-12-24-22(21-23)10-13-25(32-3)26(24)33-4)18-9-7-6-8-14-28-16-20-34-27-29-15-19-30(27)2;;;/h10,13,15,19,23,28H,5-9,11-12,14,16-18,20-21H2,1-4H3;3*1H/t23-;;;/m0.../s1. The van der Waals surface area contributed by atoms with Crippen molar-refractivity contribution >= 4 is 49.0 Å². The molecule has 3 rings (SSSR count). The van der Waals surface area contributed by atoms with Crippen molar-refractivity contribution in [3.05, 3.63) is 35.7 Å². The number of thioether (sulfide) groups is 1. The molecule has 0 aliphatic heterocycles. The highest BCUT2D eigenvalue weighted by Crippen LogP contribution is 2.38. The van der Waals surface area contributed by atoms with Crippen molar-refractivity contribution in [2.24, 2.45) is 7.05 Å². The predicted octanol–water partition coefficient (Wildman–Crippen LogP) is 6.21. The van der Waals surface area contributed by atoms with E-state index in [1.54, 1.807) is 14.2 Å². The van der Waals surface area contributed by atoms with Crippen molar-refractivity contribution in [1.82, 2.24) is 19.8 Å². The number of benzene rings is 1. The number of halogens is 3. The Morgan fingerprint density at radius 3 is 2.51 bits per heavy atom. The lowest BCUT2D eigenvalue weighted by Gasteiger charge is -2.36. The third-order valence-corrected chi connectivity index (χ3v) is 7.85. The van der Waals surface area contributed by atoms with Crippen molar-refractivity contribution in [3.63, 3.8) is 0 Å². The van der Waals surface area contributed by atoms with E-state index in [4.69, 9.17) is 9.47 Å². The van der Waals surface area contributed by atoms with Crippen LogP contribution in [0.2, 0.25) is 0 Å². The van der Waals surface area contributed by atoms with Crippen LogP contribution in [0.25, 0.3) is 0 Å². The van der Waals surface area contributed by atoms with Gasteiger partial charge >= 0.3 is 0 Å². The molecular weight excluding hydrogens is 551 g/mol. The van der Waals surface area contributed by atoms with Crippen LogP contribution in [0.4, 0.5) is 0 Å². The van der Waals surface area contributed by atoms with Gasteiger partial charge in [-0.05, 0) is 69.8 Å². The number of hydrogen-bond donors (Lipinski definition) is 1. The molecule has 1 N–H and O–H groups in total. The monoisotopic (exact) mass is 596 g/mol. The molecule has 0 saturated heterocycles. The van der Waals surface area contributed by atoms with Gasteiger partial charge in [0.05, 0.1) is 14.2 Å². The van der Waals surface area contributed by atoms with Gasteiger partial charge in [-0.1, -0.05) is 37.6 Å². The summed E-state index contributed by atoms with van der Waals surface area (Å²) in [5, 5.41) is 4.67. The molecule has 1 aromatic carbocycles. The maximum absolute atomic E-state index is 5.68. The number of aryl methyl sites for hydroxylation is 1. The Balaban J connectivity index is 0.00000432. The zero-order chi connectivity index (χ0) is 24.2. The smallest absolute Gasteiger partial charge is 0.167 e. The molecule has 37 heavy (non-hydrogen) atoms. The molecule has 6 nitrogen and oxygen atoms in total. The summed E-state index contributed by atoms with van der Waals surface area (Å²) < 4.78 is 13.3. The van der Waals surface area contributed by atoms with Crippen LogP contribution in [0.5, 0.6) is 11.5 Å². The Hall–Kier alpha value is -0.830. The van der Waals surface area contributed by atoms with Gasteiger partial charge in [0.2, 0.25) is 0 Å². The van der Waals surface area contributed by atoms with Gasteiger partial charge < -0.3 is 24.3 Å². The topological polar surface area (TPSA) is 51.6 Å². The van der Waals surface area contributed by atoms with Gasteiger partial charge in [-0.3, -0.25) is 0 Å². The first kappa shape index (κ1) is 36.2. The Morgan fingerprint density at radius 2 is 1.84 bits per heavy atom. The molecule has 0 bridgehead atoms. The summed E-state index contributed by atoms with van der Waals surface area (Å²) in [7, 11) is 5.52. The highest BCUT2D eigenvalue weighted by Gasteiger charge is 2.27. The fraction of sp³-hybridized carbons (Fsp3) is 0.667. The van der Waals surface area contributed by atoms with E-state index >= 15 is 0 Å². The lowest BCUT2D eigenvalue weighted by atomic mass is 9.86. The predicted molar refractivity (Wildman–Crippen MR) is 164 cm³/mol. The first-order chi connectivity index (χ1) is 16.7. The summed E-state index contributed by atoms with van der Waals surface area (Å²) in [5.74, 6) is 2.86. The molecule has 214 valence electrons. The van der Waals surface area contributed by atoms with Gasteiger partial charge in [0.15, 0.2) is 16.7 Å². The molecule has 0 radical (unpaired) electrons. The molecule has 1 heterocycles. The van der Waals surface area contributed by atoms with Crippen molar-refractivity contribution in [3.8, 4) is 11.5 Å². The van der Waals surface area contributed by atoms with Gasteiger partial charge in [0.25, 0.3) is 0 Å². The summed E-state index contributed by atoms with van der Waals surface area (Å²) in [6.45, 7) is 6.87. The molecule has 1 aromatic heterocycles. The number of unbranched alkanes of at least 4 members (excludes halogenated alkanes) is 3. The average molecular weight is 598 g/mol. The maximum atomic E-state index is 5.68. The summed E-state index contributed by atoms with van der Waals surface area (Å²) in [6.07, 6.45) is 13.7. The first-order valence-electron chi connectivity index (χ1n) is 13.0. The number of ether oxygens (including phenoxy) is 2. The molecule has 10 heteroatoms. The Kier molecular flexibility index (Phi) is 19.7. The number of hydrogen-bond acceptors (Lipinski definition) is 6. The normalized spacial score (nSPS) is 14.2. The van der Waals surface area contributed by atoms with E-state index in [1.807, 2.05) is 31.2 Å². The summed E-state index contributed by atoms with van der Waals surface area (Å²) in [5.41, 5.74) is 2.78. The highest BCUT2D eigenvalue weighted by molar-refractivity contribution is 7.99. The Morgan fingerprint density at radius 1 is 1.05 bits per heavy atom. The van der Waals surface area contributed by atoms with E-state index in [0.29, 0.717) is 6.04 Å². The lowest BCUT2D eigenvalue weighted by molar-refractivity contribution is 0.175. The van der Waals surface area contributed by atoms with Gasteiger partial charge in [-0.2, -0.15) is 0 Å². The highest BCUT2D eigenvalue weighted by atomic mass is 35.5. The van der Waals surface area contributed by atoms with Gasteiger partial charge in [0, 0.05) is 43.3 Å². The summed E-state index contributed by atoms with van der Waals surface area (Å²) in [6, 6.07) is 4.95. The van der Waals surface area contributed by atoms with E-state index in [0.717, 1.165) is 48.3 Å². The molecule has 0 spiro atoms. The largest absolute Gasteiger partial charge is 0.493 e. The van der Waals surface area contributed by atoms with Gasteiger partial charge in [-0.25, -0.2) is 4.98 Å². The van der Waals surface area contributed by atoms with Crippen LogP contribution in [-0.4, -0.2) is 66.6 Å². The number of aromatic nitrogens is 2. The van der Waals surface area contributed by atoms with Crippen LogP contribution < -0.4 is 14.8 Å². The number of rotatable bonds is 16. The second-order valence-corrected chi connectivity index (χ2v) is 10.3. The van der Waals surface area contributed by atoms with Crippen molar-refractivity contribution < 1.29 is 9.47 Å². The number of methoxy groups -OCH3 is 2. The lowest BCUT2D eigenvalue weighted by Crippen LogP contribution is -2.40. The molecule has 1 aliphatic rings. The number of nitrogens with zero attached hydrogens (tertiary/aromatic N) is 3. The molecule has 1 aliphatic carbocycles. The van der Waals surface area contributed by atoms with Gasteiger partial charge in [-0.15, -0.1) is 37.2 Å². The molecule has 1 atom stereocenters. The van der Waals surface area contributed by atoms with Crippen LogP contribution >= 0.6 is 49.0 Å². The van der Waals surface area contributed by atoms with E-state index in [-0.39, 0.29) is 37.2 Å². The SMILES string of the molecule is CCCN(CCCCCCNCCSc1nccn1C)[C@H]1CCc2c(ccc(OC)c2OC)C1.Cl.Cl.Cl. The van der Waals surface area contributed by atoms with Crippen molar-refractivity contribution in [2.75, 3.05) is 46.2 Å². The van der Waals surface area contributed by atoms with Crippen molar-refractivity contribution in [2.45, 2.75) is 69.5 Å². The van der Waals surface area contributed by atoms with Crippen LogP contribution in [0.3, 0.4) is 0 Å². The van der Waals surface area contributed by atoms with E-state index in [2.05, 4.69) is 38.8 Å². The minimum atomic E-state index is 0. The number of imidazole rings is 1. The Labute approximate surface area is 247 Å². The first-order valence-corrected chi connectivity index (χ1v) is 13.9. The van der Waals surface area contributed by atoms with Crippen LogP contribution in [-0.2, 0) is 19.9 Å². The molecule has 2 aromatic rings. The minimum absolute atomic E-state index is 0. The fourth-order valence-electron chi connectivity index (χ4n) is 4.99.